The van der Waals surface area contributed by atoms with E-state index in [1.807, 2.05) is 32.0 Å². The van der Waals surface area contributed by atoms with Gasteiger partial charge in [0.1, 0.15) is 18.5 Å². The summed E-state index contributed by atoms with van der Waals surface area (Å²) in [6.45, 7) is 7.59. The van der Waals surface area contributed by atoms with Crippen molar-refractivity contribution in [1.29, 1.82) is 0 Å². The van der Waals surface area contributed by atoms with E-state index in [0.717, 1.165) is 35.1 Å². The zero-order chi connectivity index (χ0) is 17.8. The lowest BCUT2D eigenvalue weighted by molar-refractivity contribution is 0.0886. The predicted octanol–water partition coefficient (Wildman–Crippen LogP) is 2.57. The Balaban J connectivity index is 1.59. The predicted molar refractivity (Wildman–Crippen MR) is 101 cm³/mol. The van der Waals surface area contributed by atoms with Crippen LogP contribution in [0.15, 0.2) is 18.2 Å². The highest BCUT2D eigenvalue weighted by molar-refractivity contribution is 7.73. The molecule has 1 fully saturated rings. The number of morpholine rings is 1. The van der Waals surface area contributed by atoms with Crippen molar-refractivity contribution in [2.75, 3.05) is 37.8 Å². The lowest BCUT2D eigenvalue weighted by Crippen LogP contribution is -2.36. The quantitative estimate of drug-likeness (QED) is 0.776. The number of aliphatic hydroxyl groups is 1. The van der Waals surface area contributed by atoms with Crippen molar-refractivity contribution < 1.29 is 14.6 Å². The summed E-state index contributed by atoms with van der Waals surface area (Å²) in [6.07, 6.45) is -0.675. The summed E-state index contributed by atoms with van der Waals surface area (Å²) in [5, 5.41) is 15.7. The van der Waals surface area contributed by atoms with Crippen molar-refractivity contribution in [2.45, 2.75) is 26.5 Å². The highest BCUT2D eigenvalue weighted by Gasteiger charge is 2.17. The van der Waals surface area contributed by atoms with Gasteiger partial charge in [-0.3, -0.25) is 0 Å². The van der Waals surface area contributed by atoms with Gasteiger partial charge in [-0.05, 0) is 43.3 Å². The number of aliphatic hydroxyl groups excluding tert-OH is 1. The van der Waals surface area contributed by atoms with Gasteiger partial charge in [0.05, 0.1) is 19.8 Å². The molecule has 0 radical (unpaired) electrons. The number of nitrogens with zero attached hydrogens (tertiary/aromatic N) is 3. The van der Waals surface area contributed by atoms with Crippen LogP contribution in [0, 0.1) is 17.8 Å². The van der Waals surface area contributed by atoms with Crippen LogP contribution in [0.1, 0.15) is 11.1 Å². The van der Waals surface area contributed by atoms with Crippen LogP contribution < -0.4 is 9.64 Å². The van der Waals surface area contributed by atoms with Crippen LogP contribution in [0.3, 0.4) is 0 Å². The van der Waals surface area contributed by atoms with E-state index in [0.29, 0.717) is 23.7 Å². The Kier molecular flexibility index (Phi) is 6.06. The fourth-order valence-electron chi connectivity index (χ4n) is 2.59. The van der Waals surface area contributed by atoms with Gasteiger partial charge in [-0.2, -0.15) is 0 Å². The Hall–Kier alpha value is -1.48. The first-order valence-electron chi connectivity index (χ1n) is 8.31. The number of hydrogen-bond donors (Lipinski definition) is 1. The maximum atomic E-state index is 10.3. The molecule has 8 heteroatoms. The minimum atomic E-state index is -0.675. The molecule has 1 saturated heterocycles. The number of aryl methyl sites for hydroxylation is 2. The third kappa shape index (κ3) is 4.78. The molecule has 1 aliphatic heterocycles. The van der Waals surface area contributed by atoms with Crippen LogP contribution in [-0.4, -0.2) is 53.9 Å². The fraction of sp³-hybridized carbons (Fsp3) is 0.529. The minimum Gasteiger partial charge on any atom is -0.491 e. The molecule has 6 nitrogen and oxygen atoms in total. The smallest absolute Gasteiger partial charge is 0.207 e. The van der Waals surface area contributed by atoms with Gasteiger partial charge in [-0.25, -0.2) is 4.68 Å². The first kappa shape index (κ1) is 18.3. The fourth-order valence-corrected chi connectivity index (χ4v) is 3.76. The van der Waals surface area contributed by atoms with Crippen molar-refractivity contribution in [3.8, 4) is 5.75 Å². The van der Waals surface area contributed by atoms with Crippen LogP contribution in [0.4, 0.5) is 5.13 Å². The van der Waals surface area contributed by atoms with Crippen LogP contribution in [0.25, 0.3) is 0 Å². The molecule has 25 heavy (non-hydrogen) atoms. The minimum absolute atomic E-state index is 0.205. The lowest BCUT2D eigenvalue weighted by atomic mass is 10.1. The van der Waals surface area contributed by atoms with Gasteiger partial charge in [0.25, 0.3) is 0 Å². The van der Waals surface area contributed by atoms with Crippen molar-refractivity contribution in [3.63, 3.8) is 0 Å². The molecule has 0 saturated carbocycles. The van der Waals surface area contributed by atoms with E-state index in [9.17, 15) is 5.11 Å². The maximum absolute atomic E-state index is 10.3. The van der Waals surface area contributed by atoms with Gasteiger partial charge >= 0.3 is 0 Å². The third-order valence-electron chi connectivity index (χ3n) is 4.04. The van der Waals surface area contributed by atoms with Crippen molar-refractivity contribution >= 4 is 28.7 Å². The van der Waals surface area contributed by atoms with Crippen molar-refractivity contribution in [2.24, 2.45) is 0 Å². The van der Waals surface area contributed by atoms with E-state index < -0.39 is 6.10 Å². The molecule has 0 unspecified atom stereocenters. The Bertz CT molecular complexity index is 769. The largest absolute Gasteiger partial charge is 0.491 e. The molecule has 1 aromatic carbocycles. The van der Waals surface area contributed by atoms with Crippen LogP contribution in [0.5, 0.6) is 5.75 Å². The van der Waals surface area contributed by atoms with Crippen molar-refractivity contribution in [3.05, 3.63) is 33.3 Å². The summed E-state index contributed by atoms with van der Waals surface area (Å²) >= 11 is 6.85. The van der Waals surface area contributed by atoms with Gasteiger partial charge in [0.15, 0.2) is 3.95 Å². The van der Waals surface area contributed by atoms with Gasteiger partial charge in [-0.15, -0.1) is 5.10 Å². The van der Waals surface area contributed by atoms with Gasteiger partial charge in [-0.1, -0.05) is 23.5 Å². The number of rotatable bonds is 6. The normalized spacial score (nSPS) is 16.0. The molecular formula is C17H23N3O3S2. The summed E-state index contributed by atoms with van der Waals surface area (Å²) in [5.74, 6) is 0.801. The monoisotopic (exact) mass is 381 g/mol. The van der Waals surface area contributed by atoms with E-state index in [2.05, 4.69) is 10.00 Å². The van der Waals surface area contributed by atoms with E-state index in [-0.39, 0.29) is 6.61 Å². The van der Waals surface area contributed by atoms with Crippen LogP contribution in [-0.2, 0) is 11.3 Å². The molecular weight excluding hydrogens is 358 g/mol. The standard InChI is InChI=1S/C17H23N3O3S2/c1-12-3-4-13(2)15(9-12)23-11-14(21)10-20-17(24)25-16(18-20)19-5-7-22-8-6-19/h3-4,9,14,21H,5-8,10-11H2,1-2H3/t14-/m0/s1. The molecule has 1 N–H and O–H groups in total. The second-order valence-electron chi connectivity index (χ2n) is 6.17. The molecule has 3 rings (SSSR count). The van der Waals surface area contributed by atoms with Crippen molar-refractivity contribution in [1.82, 2.24) is 9.78 Å². The second kappa shape index (κ2) is 8.27. The van der Waals surface area contributed by atoms with Gasteiger partial charge in [0.2, 0.25) is 5.13 Å². The summed E-state index contributed by atoms with van der Waals surface area (Å²) in [5.41, 5.74) is 2.18. The zero-order valence-corrected chi connectivity index (χ0v) is 16.1. The van der Waals surface area contributed by atoms with Crippen LogP contribution >= 0.6 is 23.6 Å². The lowest BCUT2D eigenvalue weighted by Gasteiger charge is -2.25. The van der Waals surface area contributed by atoms with Gasteiger partial charge < -0.3 is 19.5 Å². The van der Waals surface area contributed by atoms with Crippen LogP contribution in [0.2, 0.25) is 0 Å². The molecule has 136 valence electrons. The SMILES string of the molecule is Cc1ccc(C)c(OC[C@@H](O)Cn2nc(N3CCOCC3)sc2=S)c1. The highest BCUT2D eigenvalue weighted by Crippen LogP contribution is 2.22. The van der Waals surface area contributed by atoms with E-state index in [1.165, 1.54) is 11.3 Å². The molecule has 1 atom stereocenters. The maximum Gasteiger partial charge on any atom is 0.207 e. The molecule has 1 aromatic heterocycles. The number of benzene rings is 1. The molecule has 0 amide bonds. The summed E-state index contributed by atoms with van der Waals surface area (Å²) in [7, 11) is 0. The Morgan fingerprint density at radius 1 is 1.36 bits per heavy atom. The average Bonchev–Trinajstić information content (AvgIpc) is 2.97. The zero-order valence-electron chi connectivity index (χ0n) is 14.5. The molecule has 1 aliphatic rings. The summed E-state index contributed by atoms with van der Waals surface area (Å²) in [6, 6.07) is 6.04. The third-order valence-corrected chi connectivity index (χ3v) is 5.40. The number of aromatic nitrogens is 2. The average molecular weight is 382 g/mol. The number of ether oxygens (including phenoxy) is 2. The summed E-state index contributed by atoms with van der Waals surface area (Å²) < 4.78 is 13.5. The highest BCUT2D eigenvalue weighted by atomic mass is 32.1. The van der Waals surface area contributed by atoms with Gasteiger partial charge in [0, 0.05) is 13.1 Å². The first-order chi connectivity index (χ1) is 12.0. The Morgan fingerprint density at radius 2 is 2.12 bits per heavy atom. The Morgan fingerprint density at radius 3 is 2.88 bits per heavy atom. The first-order valence-corrected chi connectivity index (χ1v) is 9.54. The molecule has 0 spiro atoms. The molecule has 2 heterocycles. The number of anilines is 1. The summed E-state index contributed by atoms with van der Waals surface area (Å²) in [4.78, 5) is 2.17. The Labute approximate surface area is 156 Å². The van der Waals surface area contributed by atoms with E-state index >= 15 is 0 Å². The second-order valence-corrected chi connectivity index (χ2v) is 7.77. The van der Waals surface area contributed by atoms with E-state index in [4.69, 9.17) is 21.7 Å². The molecule has 0 aliphatic carbocycles. The topological polar surface area (TPSA) is 59.8 Å². The molecule has 2 aromatic rings. The number of hydrogen-bond acceptors (Lipinski definition) is 7. The van der Waals surface area contributed by atoms with E-state index in [1.54, 1.807) is 4.68 Å². The molecule has 0 bridgehead atoms.